The Morgan fingerprint density at radius 3 is 2.62 bits per heavy atom. The van der Waals surface area contributed by atoms with E-state index in [1.807, 2.05) is 11.8 Å². The SMILES string of the molecule is CSCCCCCNC(=O)Nc1ccc(C(=O)O)c(O)c1. The number of hydrogen-bond acceptors (Lipinski definition) is 4. The number of carboxylic acid groups (broad SMARTS) is 1. The monoisotopic (exact) mass is 312 g/mol. The molecule has 21 heavy (non-hydrogen) atoms. The van der Waals surface area contributed by atoms with Gasteiger partial charge in [0.25, 0.3) is 0 Å². The van der Waals surface area contributed by atoms with Gasteiger partial charge in [0, 0.05) is 18.3 Å². The van der Waals surface area contributed by atoms with Crippen molar-refractivity contribution in [3.8, 4) is 5.75 Å². The molecule has 0 aliphatic carbocycles. The minimum atomic E-state index is -1.21. The topological polar surface area (TPSA) is 98.7 Å². The lowest BCUT2D eigenvalue weighted by Gasteiger charge is -2.08. The molecule has 0 radical (unpaired) electrons. The van der Waals surface area contributed by atoms with E-state index in [1.165, 1.54) is 18.2 Å². The molecular formula is C14H20N2O4S. The summed E-state index contributed by atoms with van der Waals surface area (Å²) in [5, 5.41) is 23.6. The number of phenols is 1. The van der Waals surface area contributed by atoms with Gasteiger partial charge < -0.3 is 20.8 Å². The number of carbonyl (C=O) groups is 2. The minimum Gasteiger partial charge on any atom is -0.507 e. The number of hydrogen-bond donors (Lipinski definition) is 4. The number of thioether (sulfide) groups is 1. The highest BCUT2D eigenvalue weighted by Gasteiger charge is 2.10. The Morgan fingerprint density at radius 1 is 1.24 bits per heavy atom. The van der Waals surface area contributed by atoms with Gasteiger partial charge in [0.1, 0.15) is 11.3 Å². The molecule has 0 saturated heterocycles. The largest absolute Gasteiger partial charge is 0.507 e. The van der Waals surface area contributed by atoms with Crippen molar-refractivity contribution in [1.29, 1.82) is 0 Å². The number of benzene rings is 1. The molecule has 6 nitrogen and oxygen atoms in total. The van der Waals surface area contributed by atoms with Crippen molar-refractivity contribution in [3.05, 3.63) is 23.8 Å². The zero-order valence-corrected chi connectivity index (χ0v) is 12.7. The maximum absolute atomic E-state index is 11.6. The fraction of sp³-hybridized carbons (Fsp3) is 0.429. The fourth-order valence-electron chi connectivity index (χ4n) is 1.72. The molecule has 0 bridgehead atoms. The average molecular weight is 312 g/mol. The molecule has 116 valence electrons. The molecule has 0 fully saturated rings. The molecule has 0 spiro atoms. The van der Waals surface area contributed by atoms with E-state index in [-0.39, 0.29) is 17.3 Å². The van der Waals surface area contributed by atoms with Crippen molar-refractivity contribution in [1.82, 2.24) is 5.32 Å². The van der Waals surface area contributed by atoms with Crippen molar-refractivity contribution in [2.45, 2.75) is 19.3 Å². The van der Waals surface area contributed by atoms with E-state index in [2.05, 4.69) is 16.9 Å². The summed E-state index contributed by atoms with van der Waals surface area (Å²) in [6.45, 7) is 0.583. The molecule has 0 aromatic heterocycles. The van der Waals surface area contributed by atoms with E-state index in [9.17, 15) is 14.7 Å². The predicted octanol–water partition coefficient (Wildman–Crippen LogP) is 2.75. The van der Waals surface area contributed by atoms with E-state index in [1.54, 1.807) is 0 Å². The second-order valence-corrected chi connectivity index (χ2v) is 5.46. The van der Waals surface area contributed by atoms with Gasteiger partial charge in [-0.3, -0.25) is 0 Å². The van der Waals surface area contributed by atoms with Gasteiger partial charge >= 0.3 is 12.0 Å². The fourth-order valence-corrected chi connectivity index (χ4v) is 2.21. The lowest BCUT2D eigenvalue weighted by molar-refractivity contribution is 0.0694. The van der Waals surface area contributed by atoms with Gasteiger partial charge in [0.2, 0.25) is 0 Å². The summed E-state index contributed by atoms with van der Waals surface area (Å²) in [5.74, 6) is -0.465. The van der Waals surface area contributed by atoms with Gasteiger partial charge in [-0.05, 0) is 37.0 Å². The van der Waals surface area contributed by atoms with Crippen molar-refractivity contribution in [2.75, 3.05) is 23.9 Å². The number of anilines is 1. The lowest BCUT2D eigenvalue weighted by atomic mass is 10.2. The number of carboxylic acids is 1. The van der Waals surface area contributed by atoms with Crippen LogP contribution in [0.25, 0.3) is 0 Å². The van der Waals surface area contributed by atoms with E-state index < -0.39 is 5.97 Å². The van der Waals surface area contributed by atoms with Crippen LogP contribution in [0.4, 0.5) is 10.5 Å². The van der Waals surface area contributed by atoms with Crippen molar-refractivity contribution in [2.24, 2.45) is 0 Å². The van der Waals surface area contributed by atoms with Gasteiger partial charge in [0.05, 0.1) is 0 Å². The van der Waals surface area contributed by atoms with Gasteiger partial charge in [-0.15, -0.1) is 0 Å². The van der Waals surface area contributed by atoms with Crippen molar-refractivity contribution in [3.63, 3.8) is 0 Å². The summed E-state index contributed by atoms with van der Waals surface area (Å²) >= 11 is 1.81. The maximum atomic E-state index is 11.6. The van der Waals surface area contributed by atoms with Gasteiger partial charge in [-0.25, -0.2) is 9.59 Å². The van der Waals surface area contributed by atoms with Crippen LogP contribution in [0.15, 0.2) is 18.2 Å². The zero-order chi connectivity index (χ0) is 15.7. The summed E-state index contributed by atoms with van der Waals surface area (Å²) in [6.07, 6.45) is 5.18. The van der Waals surface area contributed by atoms with Crippen LogP contribution in [0, 0.1) is 0 Å². The zero-order valence-electron chi connectivity index (χ0n) is 11.9. The summed E-state index contributed by atoms with van der Waals surface area (Å²) < 4.78 is 0. The smallest absolute Gasteiger partial charge is 0.339 e. The lowest BCUT2D eigenvalue weighted by Crippen LogP contribution is -2.29. The summed E-state index contributed by atoms with van der Waals surface area (Å²) in [7, 11) is 0. The normalized spacial score (nSPS) is 10.1. The standard InChI is InChI=1S/C14H20N2O4S/c1-21-8-4-2-3-7-15-14(20)16-10-5-6-11(13(18)19)12(17)9-10/h5-6,9,17H,2-4,7-8H2,1H3,(H,18,19)(H2,15,16,20). The summed E-state index contributed by atoms with van der Waals surface area (Å²) in [5.41, 5.74) is 0.145. The Kier molecular flexibility index (Phi) is 7.45. The van der Waals surface area contributed by atoms with Crippen LogP contribution in [-0.2, 0) is 0 Å². The highest BCUT2D eigenvalue weighted by molar-refractivity contribution is 7.98. The Morgan fingerprint density at radius 2 is 2.00 bits per heavy atom. The molecule has 1 aromatic rings. The van der Waals surface area contributed by atoms with Crippen LogP contribution in [0.2, 0.25) is 0 Å². The number of amides is 2. The number of nitrogens with one attached hydrogen (secondary N) is 2. The van der Waals surface area contributed by atoms with Gasteiger partial charge in [-0.2, -0.15) is 11.8 Å². The third-order valence-corrected chi connectivity index (χ3v) is 3.49. The first kappa shape index (κ1) is 17.2. The van der Waals surface area contributed by atoms with Crippen LogP contribution < -0.4 is 10.6 Å². The first-order chi connectivity index (χ1) is 10.0. The van der Waals surface area contributed by atoms with E-state index in [0.29, 0.717) is 12.2 Å². The highest BCUT2D eigenvalue weighted by Crippen LogP contribution is 2.21. The predicted molar refractivity (Wildman–Crippen MR) is 84.3 cm³/mol. The number of aromatic carboxylic acids is 1. The second-order valence-electron chi connectivity index (χ2n) is 4.47. The Labute approximate surface area is 127 Å². The van der Waals surface area contributed by atoms with Crippen molar-refractivity contribution < 1.29 is 19.8 Å². The van der Waals surface area contributed by atoms with Gasteiger partial charge in [-0.1, -0.05) is 6.42 Å². The van der Waals surface area contributed by atoms with Crippen LogP contribution in [0.3, 0.4) is 0 Å². The second kappa shape index (κ2) is 9.12. The molecule has 0 saturated carbocycles. The number of unbranched alkanes of at least 4 members (excludes halogenated alkanes) is 2. The molecule has 2 amide bonds. The molecule has 0 aliphatic heterocycles. The summed E-state index contributed by atoms with van der Waals surface area (Å²) in [4.78, 5) is 22.4. The van der Waals surface area contributed by atoms with Crippen molar-refractivity contribution >= 4 is 29.4 Å². The Hall–Kier alpha value is -1.89. The van der Waals surface area contributed by atoms with Crippen LogP contribution >= 0.6 is 11.8 Å². The Bertz CT molecular complexity index is 494. The Balaban J connectivity index is 2.34. The highest BCUT2D eigenvalue weighted by atomic mass is 32.2. The number of carbonyl (C=O) groups excluding carboxylic acids is 1. The number of aromatic hydroxyl groups is 1. The molecule has 0 unspecified atom stereocenters. The molecule has 0 aliphatic rings. The summed E-state index contributed by atoms with van der Waals surface area (Å²) in [6, 6.07) is 3.51. The molecule has 1 rings (SSSR count). The number of urea groups is 1. The molecule has 0 heterocycles. The maximum Gasteiger partial charge on any atom is 0.339 e. The quantitative estimate of drug-likeness (QED) is 0.553. The van der Waals surface area contributed by atoms with E-state index in [4.69, 9.17) is 5.11 Å². The van der Waals surface area contributed by atoms with Crippen LogP contribution in [0.1, 0.15) is 29.6 Å². The van der Waals surface area contributed by atoms with Crippen LogP contribution in [0.5, 0.6) is 5.75 Å². The third-order valence-electron chi connectivity index (χ3n) is 2.80. The first-order valence-corrected chi connectivity index (χ1v) is 8.04. The third kappa shape index (κ3) is 6.40. The molecule has 0 atom stereocenters. The van der Waals surface area contributed by atoms with E-state index >= 15 is 0 Å². The molecule has 4 N–H and O–H groups in total. The minimum absolute atomic E-state index is 0.199. The van der Waals surface area contributed by atoms with Crippen LogP contribution in [-0.4, -0.2) is 40.8 Å². The molecular weight excluding hydrogens is 292 g/mol. The molecule has 1 aromatic carbocycles. The van der Waals surface area contributed by atoms with E-state index in [0.717, 1.165) is 25.0 Å². The average Bonchev–Trinajstić information content (AvgIpc) is 2.42. The molecule has 7 heteroatoms. The van der Waals surface area contributed by atoms with Gasteiger partial charge in [0.15, 0.2) is 0 Å². The number of rotatable bonds is 8. The first-order valence-electron chi connectivity index (χ1n) is 6.64.